The average molecular weight is 402 g/mol. The maximum Gasteiger partial charge on any atom is 0.223 e. The summed E-state index contributed by atoms with van der Waals surface area (Å²) in [5.74, 6) is -0.280. The van der Waals surface area contributed by atoms with Crippen LogP contribution in [-0.2, 0) is 21.1 Å². The van der Waals surface area contributed by atoms with Gasteiger partial charge in [0.2, 0.25) is 5.91 Å². The number of benzene rings is 2. The number of aryl methyl sites for hydroxylation is 1. The van der Waals surface area contributed by atoms with E-state index in [1.54, 1.807) is 48.5 Å². The molecule has 6 heteroatoms. The van der Waals surface area contributed by atoms with Crippen molar-refractivity contribution in [1.82, 2.24) is 4.90 Å². The molecule has 2 aliphatic heterocycles. The molecule has 28 heavy (non-hydrogen) atoms. The molecule has 4 rings (SSSR count). The van der Waals surface area contributed by atoms with Gasteiger partial charge in [-0.15, -0.1) is 0 Å². The number of rotatable bonds is 5. The van der Waals surface area contributed by atoms with Crippen LogP contribution in [0.5, 0.6) is 0 Å². The van der Waals surface area contributed by atoms with Gasteiger partial charge in [-0.2, -0.15) is 0 Å². The Bertz CT molecular complexity index is 947. The molecule has 0 aliphatic carbocycles. The lowest BCUT2D eigenvalue weighted by Gasteiger charge is -2.38. The van der Waals surface area contributed by atoms with Gasteiger partial charge in [-0.05, 0) is 55.9 Å². The Morgan fingerprint density at radius 1 is 0.964 bits per heavy atom. The highest BCUT2D eigenvalue weighted by molar-refractivity contribution is 7.92. The lowest BCUT2D eigenvalue weighted by Crippen LogP contribution is -2.49. The fraction of sp³-hybridized carbons (Fsp3) is 0.409. The Balaban J connectivity index is 1.44. The molecule has 2 unspecified atom stereocenters. The second kappa shape index (κ2) is 7.66. The van der Waals surface area contributed by atoms with E-state index in [1.165, 1.54) is 6.07 Å². The Kier molecular flexibility index (Phi) is 5.23. The zero-order valence-electron chi connectivity index (χ0n) is 15.6. The van der Waals surface area contributed by atoms with Crippen LogP contribution < -0.4 is 0 Å². The fourth-order valence-electron chi connectivity index (χ4n) is 4.66. The maximum atomic E-state index is 13.8. The molecule has 2 saturated heterocycles. The van der Waals surface area contributed by atoms with E-state index in [1.807, 2.05) is 4.90 Å². The molecule has 0 N–H and O–H groups in total. The average Bonchev–Trinajstić information content (AvgIpc) is 2.97. The van der Waals surface area contributed by atoms with Crippen molar-refractivity contribution in [1.29, 1.82) is 0 Å². The predicted molar refractivity (Wildman–Crippen MR) is 105 cm³/mol. The monoisotopic (exact) mass is 401 g/mol. The third-order valence-electron chi connectivity index (χ3n) is 6.05. The summed E-state index contributed by atoms with van der Waals surface area (Å²) in [5.41, 5.74) is 0.546. The molecule has 148 valence electrons. The number of amides is 1. The van der Waals surface area contributed by atoms with Crippen molar-refractivity contribution in [2.75, 3.05) is 0 Å². The Hall–Kier alpha value is -2.21. The smallest absolute Gasteiger partial charge is 0.223 e. The van der Waals surface area contributed by atoms with Crippen LogP contribution in [0.1, 0.15) is 37.7 Å². The molecule has 2 atom stereocenters. The van der Waals surface area contributed by atoms with E-state index < -0.39 is 15.1 Å². The molecule has 2 heterocycles. The van der Waals surface area contributed by atoms with Crippen molar-refractivity contribution in [2.45, 2.75) is 60.8 Å². The number of hydrogen-bond acceptors (Lipinski definition) is 3. The number of halogens is 1. The highest BCUT2D eigenvalue weighted by Crippen LogP contribution is 2.40. The Morgan fingerprint density at radius 3 is 2.21 bits per heavy atom. The molecule has 2 aromatic rings. The van der Waals surface area contributed by atoms with Crippen LogP contribution in [0.3, 0.4) is 0 Å². The Morgan fingerprint density at radius 2 is 1.57 bits per heavy atom. The van der Waals surface area contributed by atoms with Crippen molar-refractivity contribution in [3.8, 4) is 0 Å². The van der Waals surface area contributed by atoms with E-state index in [0.29, 0.717) is 29.7 Å². The number of hydrogen-bond donors (Lipinski definition) is 0. The molecule has 0 saturated carbocycles. The second-order valence-corrected chi connectivity index (χ2v) is 9.96. The van der Waals surface area contributed by atoms with Gasteiger partial charge in [0, 0.05) is 18.5 Å². The molecule has 0 aromatic heterocycles. The summed E-state index contributed by atoms with van der Waals surface area (Å²) in [6.45, 7) is 0. The van der Waals surface area contributed by atoms with E-state index in [-0.39, 0.29) is 30.2 Å². The largest absolute Gasteiger partial charge is 0.337 e. The molecule has 0 radical (unpaired) electrons. The quantitative estimate of drug-likeness (QED) is 0.767. The van der Waals surface area contributed by atoms with E-state index in [0.717, 1.165) is 12.8 Å². The highest BCUT2D eigenvalue weighted by Gasteiger charge is 2.46. The normalized spacial score (nSPS) is 24.3. The van der Waals surface area contributed by atoms with Gasteiger partial charge in [0.05, 0.1) is 10.1 Å². The summed E-state index contributed by atoms with van der Waals surface area (Å²) in [7, 11) is -3.39. The van der Waals surface area contributed by atoms with Gasteiger partial charge in [-0.1, -0.05) is 36.4 Å². The fourth-order valence-corrected chi connectivity index (χ4v) is 6.53. The van der Waals surface area contributed by atoms with Crippen LogP contribution in [0.15, 0.2) is 59.5 Å². The summed E-state index contributed by atoms with van der Waals surface area (Å²) >= 11 is 0. The van der Waals surface area contributed by atoms with Crippen molar-refractivity contribution >= 4 is 15.7 Å². The molecule has 2 aromatic carbocycles. The molecule has 2 bridgehead atoms. The van der Waals surface area contributed by atoms with E-state index in [2.05, 4.69) is 0 Å². The van der Waals surface area contributed by atoms with Crippen molar-refractivity contribution < 1.29 is 17.6 Å². The van der Waals surface area contributed by atoms with Crippen molar-refractivity contribution in [3.63, 3.8) is 0 Å². The number of nitrogens with zero attached hydrogens (tertiary/aromatic N) is 1. The van der Waals surface area contributed by atoms with Crippen LogP contribution >= 0.6 is 0 Å². The van der Waals surface area contributed by atoms with Gasteiger partial charge in [0.25, 0.3) is 0 Å². The van der Waals surface area contributed by atoms with Gasteiger partial charge in [-0.3, -0.25) is 4.79 Å². The van der Waals surface area contributed by atoms with Gasteiger partial charge >= 0.3 is 0 Å². The van der Waals surface area contributed by atoms with Crippen LogP contribution in [-0.4, -0.2) is 36.6 Å². The molecular formula is C22H24FNO3S. The minimum absolute atomic E-state index is 0.00584. The standard InChI is InChI=1S/C22H24FNO3S/c23-21-9-5-4-6-16(21)10-13-22(25)24-17-11-12-18(24)15-20(14-17)28(26,27)19-7-2-1-3-8-19/h1-9,17-18,20H,10-15H2. The summed E-state index contributed by atoms with van der Waals surface area (Å²) in [5, 5.41) is -0.442. The molecule has 1 amide bonds. The molecule has 4 nitrogen and oxygen atoms in total. The first-order chi connectivity index (χ1) is 13.5. The molecule has 0 spiro atoms. The van der Waals surface area contributed by atoms with E-state index >= 15 is 0 Å². The number of piperidine rings is 1. The number of carbonyl (C=O) groups is 1. The molecule has 2 aliphatic rings. The van der Waals surface area contributed by atoms with Crippen LogP contribution in [0, 0.1) is 5.82 Å². The number of carbonyl (C=O) groups excluding carboxylic acids is 1. The highest BCUT2D eigenvalue weighted by atomic mass is 32.2. The van der Waals surface area contributed by atoms with Crippen molar-refractivity contribution in [3.05, 3.63) is 66.0 Å². The van der Waals surface area contributed by atoms with Crippen LogP contribution in [0.2, 0.25) is 0 Å². The number of fused-ring (bicyclic) bond motifs is 2. The zero-order chi connectivity index (χ0) is 19.7. The lowest BCUT2D eigenvalue weighted by molar-refractivity contribution is -0.135. The lowest BCUT2D eigenvalue weighted by atomic mass is 10.0. The Labute approximate surface area is 165 Å². The third-order valence-corrected chi connectivity index (χ3v) is 8.25. The minimum Gasteiger partial charge on any atom is -0.337 e. The SMILES string of the molecule is O=C(CCc1ccccc1F)N1C2CCC1CC(S(=O)(=O)c1ccccc1)C2. The first-order valence-electron chi connectivity index (χ1n) is 9.80. The molecular weight excluding hydrogens is 377 g/mol. The van der Waals surface area contributed by atoms with Gasteiger partial charge in [0.1, 0.15) is 5.82 Å². The summed E-state index contributed by atoms with van der Waals surface area (Å²) in [6.07, 6.45) is 3.28. The van der Waals surface area contributed by atoms with Gasteiger partial charge in [0.15, 0.2) is 9.84 Å². The van der Waals surface area contributed by atoms with Crippen LogP contribution in [0.4, 0.5) is 4.39 Å². The minimum atomic E-state index is -3.39. The van der Waals surface area contributed by atoms with Gasteiger partial charge < -0.3 is 4.90 Å². The van der Waals surface area contributed by atoms with Crippen LogP contribution in [0.25, 0.3) is 0 Å². The van der Waals surface area contributed by atoms with E-state index in [4.69, 9.17) is 0 Å². The van der Waals surface area contributed by atoms with Gasteiger partial charge in [-0.25, -0.2) is 12.8 Å². The van der Waals surface area contributed by atoms with E-state index in [9.17, 15) is 17.6 Å². The second-order valence-electron chi connectivity index (χ2n) is 7.73. The van der Waals surface area contributed by atoms with Crippen molar-refractivity contribution in [2.24, 2.45) is 0 Å². The first kappa shape index (κ1) is 19.1. The summed E-state index contributed by atoms with van der Waals surface area (Å²) in [6, 6.07) is 15.0. The summed E-state index contributed by atoms with van der Waals surface area (Å²) < 4.78 is 39.8. The first-order valence-corrected chi connectivity index (χ1v) is 11.3. The number of sulfone groups is 1. The molecule has 2 fully saturated rings. The predicted octanol–water partition coefficient (Wildman–Crippen LogP) is 3.75. The summed E-state index contributed by atoms with van der Waals surface area (Å²) in [4.78, 5) is 15.1. The zero-order valence-corrected chi connectivity index (χ0v) is 16.4. The third kappa shape index (κ3) is 3.58. The topological polar surface area (TPSA) is 54.5 Å². The maximum absolute atomic E-state index is 13.8.